The molecular formula is C15H19N3O4. The molecule has 0 amide bonds. The zero-order chi connectivity index (χ0) is 15.5. The molecular weight excluding hydrogens is 286 g/mol. The number of carbonyl (C=O) groups excluding carboxylic acids is 1. The Morgan fingerprint density at radius 2 is 2.18 bits per heavy atom. The van der Waals surface area contributed by atoms with Crippen molar-refractivity contribution in [3.63, 3.8) is 0 Å². The lowest BCUT2D eigenvalue weighted by Crippen LogP contribution is -2.08. The predicted octanol–water partition coefficient (Wildman–Crippen LogP) is 2.07. The van der Waals surface area contributed by atoms with Gasteiger partial charge in [-0.15, -0.1) is 0 Å². The number of nitrogens with zero attached hydrogens (tertiary/aromatic N) is 3. The summed E-state index contributed by atoms with van der Waals surface area (Å²) in [5.74, 6) is -0.610. The SMILES string of the molecule is CCOC(=O)c1cc2nc(COC3CCCC3)cc(O)n2n1. The van der Waals surface area contributed by atoms with Crippen LogP contribution in [0.25, 0.3) is 5.65 Å². The van der Waals surface area contributed by atoms with Crippen molar-refractivity contribution in [3.8, 4) is 5.88 Å². The molecule has 118 valence electrons. The molecule has 0 saturated heterocycles. The van der Waals surface area contributed by atoms with Gasteiger partial charge in [0.1, 0.15) is 0 Å². The number of rotatable bonds is 5. The van der Waals surface area contributed by atoms with Gasteiger partial charge in [0.2, 0.25) is 5.88 Å². The van der Waals surface area contributed by atoms with Crippen LogP contribution in [0.1, 0.15) is 48.8 Å². The van der Waals surface area contributed by atoms with Crippen molar-refractivity contribution in [1.29, 1.82) is 0 Å². The van der Waals surface area contributed by atoms with Gasteiger partial charge in [0.15, 0.2) is 11.3 Å². The maximum absolute atomic E-state index is 11.7. The molecule has 7 nitrogen and oxygen atoms in total. The summed E-state index contributed by atoms with van der Waals surface area (Å²) in [7, 11) is 0. The molecule has 0 spiro atoms. The molecule has 1 fully saturated rings. The first-order chi connectivity index (χ1) is 10.7. The lowest BCUT2D eigenvalue weighted by molar-refractivity contribution is 0.0437. The number of aromatic nitrogens is 3. The van der Waals surface area contributed by atoms with Crippen LogP contribution in [0.3, 0.4) is 0 Å². The first-order valence-corrected chi connectivity index (χ1v) is 7.54. The predicted molar refractivity (Wildman–Crippen MR) is 77.7 cm³/mol. The van der Waals surface area contributed by atoms with Gasteiger partial charge in [0.05, 0.1) is 25.0 Å². The highest BCUT2D eigenvalue weighted by atomic mass is 16.5. The molecule has 7 heteroatoms. The Balaban J connectivity index is 1.79. The number of fused-ring (bicyclic) bond motifs is 1. The molecule has 3 rings (SSSR count). The van der Waals surface area contributed by atoms with Gasteiger partial charge in [-0.1, -0.05) is 12.8 Å². The van der Waals surface area contributed by atoms with Crippen LogP contribution in [0.5, 0.6) is 5.88 Å². The van der Waals surface area contributed by atoms with Crippen molar-refractivity contribution >= 4 is 11.6 Å². The minimum atomic E-state index is -0.531. The number of aromatic hydroxyl groups is 1. The minimum Gasteiger partial charge on any atom is -0.493 e. The molecule has 0 aliphatic heterocycles. The fraction of sp³-hybridized carbons (Fsp3) is 0.533. The Labute approximate surface area is 127 Å². The fourth-order valence-corrected chi connectivity index (χ4v) is 2.65. The van der Waals surface area contributed by atoms with Crippen LogP contribution >= 0.6 is 0 Å². The molecule has 1 aliphatic carbocycles. The van der Waals surface area contributed by atoms with Gasteiger partial charge in [-0.3, -0.25) is 0 Å². The summed E-state index contributed by atoms with van der Waals surface area (Å²) in [6.07, 6.45) is 4.84. The van der Waals surface area contributed by atoms with Gasteiger partial charge in [-0.05, 0) is 19.8 Å². The van der Waals surface area contributed by atoms with E-state index in [9.17, 15) is 9.90 Å². The van der Waals surface area contributed by atoms with Gasteiger partial charge in [0.25, 0.3) is 0 Å². The molecule has 0 bridgehead atoms. The van der Waals surface area contributed by atoms with E-state index in [2.05, 4.69) is 10.1 Å². The van der Waals surface area contributed by atoms with Crippen LogP contribution in [0.15, 0.2) is 12.1 Å². The summed E-state index contributed by atoms with van der Waals surface area (Å²) in [5.41, 5.74) is 1.14. The maximum Gasteiger partial charge on any atom is 0.358 e. The molecule has 0 unspecified atom stereocenters. The molecule has 22 heavy (non-hydrogen) atoms. The van der Waals surface area contributed by atoms with E-state index < -0.39 is 5.97 Å². The summed E-state index contributed by atoms with van der Waals surface area (Å²) in [5, 5.41) is 14.0. The van der Waals surface area contributed by atoms with Crippen LogP contribution in [-0.2, 0) is 16.1 Å². The summed E-state index contributed by atoms with van der Waals surface area (Å²) < 4.78 is 11.9. The second-order valence-corrected chi connectivity index (χ2v) is 5.34. The van der Waals surface area contributed by atoms with Crippen LogP contribution in [0.2, 0.25) is 0 Å². The summed E-state index contributed by atoms with van der Waals surface area (Å²) in [4.78, 5) is 16.0. The first-order valence-electron chi connectivity index (χ1n) is 7.54. The lowest BCUT2D eigenvalue weighted by Gasteiger charge is -2.10. The summed E-state index contributed by atoms with van der Waals surface area (Å²) in [6.45, 7) is 2.34. The second-order valence-electron chi connectivity index (χ2n) is 5.34. The highest BCUT2D eigenvalue weighted by molar-refractivity contribution is 5.88. The largest absolute Gasteiger partial charge is 0.493 e. The molecule has 0 radical (unpaired) electrons. The Hall–Kier alpha value is -2.15. The average Bonchev–Trinajstić information content (AvgIpc) is 3.15. The quantitative estimate of drug-likeness (QED) is 0.851. The zero-order valence-electron chi connectivity index (χ0n) is 12.5. The van der Waals surface area contributed by atoms with Crippen LogP contribution in [0.4, 0.5) is 0 Å². The third kappa shape index (κ3) is 3.04. The van der Waals surface area contributed by atoms with Crippen molar-refractivity contribution in [2.75, 3.05) is 6.61 Å². The molecule has 0 aromatic carbocycles. The highest BCUT2D eigenvalue weighted by Gasteiger charge is 2.18. The van der Waals surface area contributed by atoms with Gasteiger partial charge in [-0.2, -0.15) is 9.61 Å². The molecule has 2 aromatic rings. The average molecular weight is 305 g/mol. The number of hydrogen-bond donors (Lipinski definition) is 1. The van der Waals surface area contributed by atoms with Gasteiger partial charge in [0, 0.05) is 12.1 Å². The molecule has 2 aromatic heterocycles. The minimum absolute atomic E-state index is 0.0782. The van der Waals surface area contributed by atoms with E-state index in [-0.39, 0.29) is 24.3 Å². The molecule has 1 aliphatic rings. The third-order valence-electron chi connectivity index (χ3n) is 3.72. The van der Waals surface area contributed by atoms with Crippen molar-refractivity contribution in [2.45, 2.75) is 45.3 Å². The Morgan fingerprint density at radius 3 is 2.91 bits per heavy atom. The Kier molecular flexibility index (Phi) is 4.24. The van der Waals surface area contributed by atoms with Crippen LogP contribution < -0.4 is 0 Å². The second kappa shape index (κ2) is 6.31. The smallest absolute Gasteiger partial charge is 0.358 e. The summed E-state index contributed by atoms with van der Waals surface area (Å²) >= 11 is 0. The van der Waals surface area contributed by atoms with E-state index in [0.717, 1.165) is 12.8 Å². The van der Waals surface area contributed by atoms with Crippen molar-refractivity contribution in [3.05, 3.63) is 23.5 Å². The molecule has 2 heterocycles. The molecule has 1 N–H and O–H groups in total. The number of hydrogen-bond acceptors (Lipinski definition) is 6. The van der Waals surface area contributed by atoms with Gasteiger partial charge >= 0.3 is 5.97 Å². The van der Waals surface area contributed by atoms with Crippen molar-refractivity contribution in [1.82, 2.24) is 14.6 Å². The fourth-order valence-electron chi connectivity index (χ4n) is 2.65. The Bertz CT molecular complexity index is 677. The monoisotopic (exact) mass is 305 g/mol. The number of ether oxygens (including phenoxy) is 2. The van der Waals surface area contributed by atoms with Crippen molar-refractivity contribution < 1.29 is 19.4 Å². The van der Waals surface area contributed by atoms with Crippen molar-refractivity contribution in [2.24, 2.45) is 0 Å². The molecule has 1 saturated carbocycles. The standard InChI is InChI=1S/C15H19N3O4/c1-2-21-15(20)12-8-13-16-10(7-14(19)18(13)17-12)9-22-11-5-3-4-6-11/h7-8,11,19H,2-6,9H2,1H3. The molecule has 0 atom stereocenters. The number of carbonyl (C=O) groups is 1. The normalized spacial score (nSPS) is 15.5. The van der Waals surface area contributed by atoms with E-state index in [1.54, 1.807) is 6.92 Å². The first kappa shape index (κ1) is 14.8. The van der Waals surface area contributed by atoms with E-state index in [1.165, 1.54) is 29.5 Å². The lowest BCUT2D eigenvalue weighted by atomic mass is 10.3. The van der Waals surface area contributed by atoms with Gasteiger partial charge < -0.3 is 14.6 Å². The van der Waals surface area contributed by atoms with E-state index >= 15 is 0 Å². The highest BCUT2D eigenvalue weighted by Crippen LogP contribution is 2.23. The summed E-state index contributed by atoms with van der Waals surface area (Å²) in [6, 6.07) is 3.00. The maximum atomic E-state index is 11.7. The van der Waals surface area contributed by atoms with Gasteiger partial charge in [-0.25, -0.2) is 9.78 Å². The topological polar surface area (TPSA) is 86.0 Å². The zero-order valence-corrected chi connectivity index (χ0v) is 12.5. The third-order valence-corrected chi connectivity index (χ3v) is 3.72. The Morgan fingerprint density at radius 1 is 1.41 bits per heavy atom. The van der Waals surface area contributed by atoms with E-state index in [1.807, 2.05) is 0 Å². The van der Waals surface area contributed by atoms with E-state index in [0.29, 0.717) is 17.9 Å². The van der Waals surface area contributed by atoms with Crippen LogP contribution in [-0.4, -0.2) is 38.4 Å². The van der Waals surface area contributed by atoms with Crippen LogP contribution in [0, 0.1) is 0 Å². The van der Waals surface area contributed by atoms with E-state index in [4.69, 9.17) is 9.47 Å². The number of esters is 1.